The van der Waals surface area contributed by atoms with Crippen LogP contribution < -0.4 is 10.1 Å². The molecule has 2 aliphatic heterocycles. The van der Waals surface area contributed by atoms with E-state index in [9.17, 15) is 13.2 Å². The van der Waals surface area contributed by atoms with Crippen molar-refractivity contribution >= 4 is 0 Å². The van der Waals surface area contributed by atoms with Crippen LogP contribution in [0.2, 0.25) is 0 Å². The molecule has 0 unspecified atom stereocenters. The topological polar surface area (TPSA) is 30.5 Å². The zero-order valence-corrected chi connectivity index (χ0v) is 10.4. The third-order valence-electron chi connectivity index (χ3n) is 3.82. The van der Waals surface area contributed by atoms with Gasteiger partial charge in [0.2, 0.25) is 0 Å². The first kappa shape index (κ1) is 12.7. The van der Waals surface area contributed by atoms with E-state index in [1.807, 2.05) is 6.92 Å². The summed E-state index contributed by atoms with van der Waals surface area (Å²) >= 11 is 0. The Morgan fingerprint density at radius 3 is 2.89 bits per heavy atom. The van der Waals surface area contributed by atoms with Gasteiger partial charge in [0.25, 0.3) is 0 Å². The molecule has 3 rings (SSSR count). The fraction of sp³-hybridized carbons (Fsp3) is 0.538. The molecule has 2 aliphatic rings. The molecule has 0 aliphatic carbocycles. The SMILES string of the molecule is C[C@]12NCCO[C@@H]1COc1cc(C(F)(F)F)ccc12. The highest BCUT2D eigenvalue weighted by Gasteiger charge is 2.45. The molecular formula is C13H14F3NO2. The number of alkyl halides is 3. The van der Waals surface area contributed by atoms with E-state index in [1.165, 1.54) is 6.07 Å². The number of nitrogens with one attached hydrogen (secondary N) is 1. The number of fused-ring (bicyclic) bond motifs is 3. The Hall–Kier alpha value is -1.27. The van der Waals surface area contributed by atoms with Gasteiger partial charge in [-0.25, -0.2) is 0 Å². The van der Waals surface area contributed by atoms with Gasteiger partial charge >= 0.3 is 6.18 Å². The van der Waals surface area contributed by atoms with Gasteiger partial charge < -0.3 is 14.8 Å². The van der Waals surface area contributed by atoms with Crippen molar-refractivity contribution in [2.45, 2.75) is 24.7 Å². The normalized spacial score (nSPS) is 30.2. The molecule has 104 valence electrons. The Balaban J connectivity index is 2.04. The molecule has 1 N–H and O–H groups in total. The number of rotatable bonds is 0. The minimum absolute atomic E-state index is 0.175. The molecule has 0 saturated carbocycles. The molecule has 0 bridgehead atoms. The summed E-state index contributed by atoms with van der Waals surface area (Å²) in [7, 11) is 0. The molecule has 0 radical (unpaired) electrons. The maximum Gasteiger partial charge on any atom is 0.416 e. The maximum atomic E-state index is 12.7. The van der Waals surface area contributed by atoms with Crippen LogP contribution in [0.3, 0.4) is 0 Å². The van der Waals surface area contributed by atoms with Crippen LogP contribution >= 0.6 is 0 Å². The fourth-order valence-corrected chi connectivity index (χ4v) is 2.69. The Kier molecular flexibility index (Phi) is 2.76. The third-order valence-corrected chi connectivity index (χ3v) is 3.82. The van der Waals surface area contributed by atoms with Crippen molar-refractivity contribution in [3.63, 3.8) is 0 Å². The molecule has 0 aromatic heterocycles. The number of halogens is 3. The lowest BCUT2D eigenvalue weighted by Crippen LogP contribution is -2.59. The Morgan fingerprint density at radius 1 is 1.37 bits per heavy atom. The zero-order chi connectivity index (χ0) is 13.7. The Bertz CT molecular complexity index is 503. The molecule has 1 fully saturated rings. The smallest absolute Gasteiger partial charge is 0.416 e. The van der Waals surface area contributed by atoms with Crippen LogP contribution in [0.15, 0.2) is 18.2 Å². The van der Waals surface area contributed by atoms with Crippen LogP contribution in [-0.2, 0) is 16.5 Å². The monoisotopic (exact) mass is 273 g/mol. The van der Waals surface area contributed by atoms with E-state index in [0.717, 1.165) is 17.7 Å². The van der Waals surface area contributed by atoms with Crippen LogP contribution in [-0.4, -0.2) is 25.9 Å². The van der Waals surface area contributed by atoms with E-state index < -0.39 is 17.3 Å². The van der Waals surface area contributed by atoms with Gasteiger partial charge in [-0.15, -0.1) is 0 Å². The summed E-state index contributed by atoms with van der Waals surface area (Å²) in [6, 6.07) is 3.63. The largest absolute Gasteiger partial charge is 0.490 e. The number of morpholine rings is 1. The predicted octanol–water partition coefficient (Wildman–Crippen LogP) is 2.30. The standard InChI is InChI=1S/C13H14F3NO2/c1-12-9-3-2-8(13(14,15)16)6-10(9)19-7-11(12)18-5-4-17-12/h2-3,6,11,17H,4-5,7H2,1H3/t11-,12-/m1/s1. The van der Waals surface area contributed by atoms with Crippen LogP contribution in [0.5, 0.6) is 5.75 Å². The van der Waals surface area contributed by atoms with Crippen molar-refractivity contribution in [1.29, 1.82) is 0 Å². The summed E-state index contributed by atoms with van der Waals surface area (Å²) < 4.78 is 49.1. The van der Waals surface area contributed by atoms with E-state index in [2.05, 4.69) is 5.32 Å². The van der Waals surface area contributed by atoms with Gasteiger partial charge in [-0.2, -0.15) is 13.2 Å². The quantitative estimate of drug-likeness (QED) is 0.786. The highest BCUT2D eigenvalue weighted by molar-refractivity contribution is 5.45. The summed E-state index contributed by atoms with van der Waals surface area (Å²) in [6.07, 6.45) is -4.53. The molecule has 1 aromatic carbocycles. The van der Waals surface area contributed by atoms with Crippen LogP contribution in [0.1, 0.15) is 18.1 Å². The molecule has 2 atom stereocenters. The Labute approximate surface area is 108 Å². The van der Waals surface area contributed by atoms with Gasteiger partial charge in [-0.1, -0.05) is 6.07 Å². The number of ether oxygens (including phenoxy) is 2. The average Bonchev–Trinajstić information content (AvgIpc) is 2.36. The summed E-state index contributed by atoms with van der Waals surface area (Å²) in [5.41, 5.74) is -0.461. The lowest BCUT2D eigenvalue weighted by molar-refractivity contribution is -0.138. The zero-order valence-electron chi connectivity index (χ0n) is 10.4. The lowest BCUT2D eigenvalue weighted by Gasteiger charge is -2.46. The fourth-order valence-electron chi connectivity index (χ4n) is 2.69. The molecule has 3 nitrogen and oxygen atoms in total. The molecule has 1 aromatic rings. The van der Waals surface area contributed by atoms with E-state index in [-0.39, 0.29) is 18.5 Å². The molecule has 6 heteroatoms. The number of hydrogen-bond acceptors (Lipinski definition) is 3. The molecule has 0 amide bonds. The second-order valence-corrected chi connectivity index (χ2v) is 5.01. The highest BCUT2D eigenvalue weighted by atomic mass is 19.4. The van der Waals surface area contributed by atoms with E-state index in [4.69, 9.17) is 9.47 Å². The third kappa shape index (κ3) is 1.99. The first-order chi connectivity index (χ1) is 8.91. The van der Waals surface area contributed by atoms with Crippen LogP contribution in [0.25, 0.3) is 0 Å². The maximum absolute atomic E-state index is 12.7. The van der Waals surface area contributed by atoms with E-state index in [0.29, 0.717) is 13.2 Å². The van der Waals surface area contributed by atoms with Crippen molar-refractivity contribution < 1.29 is 22.6 Å². The summed E-state index contributed by atoms with van der Waals surface area (Å²) in [6.45, 7) is 3.45. The van der Waals surface area contributed by atoms with Crippen molar-refractivity contribution in [2.24, 2.45) is 0 Å². The van der Waals surface area contributed by atoms with Crippen LogP contribution in [0.4, 0.5) is 13.2 Å². The molecule has 0 spiro atoms. The van der Waals surface area contributed by atoms with Gasteiger partial charge in [0.1, 0.15) is 18.5 Å². The Morgan fingerprint density at radius 2 is 2.16 bits per heavy atom. The highest BCUT2D eigenvalue weighted by Crippen LogP contribution is 2.42. The summed E-state index contributed by atoms with van der Waals surface area (Å²) in [5.74, 6) is 0.284. The molecule has 2 heterocycles. The predicted molar refractivity (Wildman–Crippen MR) is 62.0 cm³/mol. The van der Waals surface area contributed by atoms with Gasteiger partial charge in [0.05, 0.1) is 17.7 Å². The first-order valence-electron chi connectivity index (χ1n) is 6.12. The number of hydrogen-bond donors (Lipinski definition) is 1. The summed E-state index contributed by atoms with van der Waals surface area (Å²) in [4.78, 5) is 0. The summed E-state index contributed by atoms with van der Waals surface area (Å²) in [5, 5.41) is 3.33. The van der Waals surface area contributed by atoms with E-state index >= 15 is 0 Å². The second-order valence-electron chi connectivity index (χ2n) is 5.01. The first-order valence-corrected chi connectivity index (χ1v) is 6.12. The average molecular weight is 273 g/mol. The number of benzene rings is 1. The van der Waals surface area contributed by atoms with Gasteiger partial charge in [0.15, 0.2) is 0 Å². The van der Waals surface area contributed by atoms with Crippen molar-refractivity contribution in [3.8, 4) is 5.75 Å². The van der Waals surface area contributed by atoms with Gasteiger partial charge in [0, 0.05) is 12.1 Å². The minimum atomic E-state index is -4.35. The van der Waals surface area contributed by atoms with Crippen molar-refractivity contribution in [2.75, 3.05) is 19.8 Å². The van der Waals surface area contributed by atoms with Gasteiger partial charge in [-0.3, -0.25) is 0 Å². The van der Waals surface area contributed by atoms with Crippen LogP contribution in [0, 0.1) is 0 Å². The second kappa shape index (κ2) is 4.11. The molecule has 19 heavy (non-hydrogen) atoms. The van der Waals surface area contributed by atoms with Crippen molar-refractivity contribution in [1.82, 2.24) is 5.32 Å². The molecular weight excluding hydrogens is 259 g/mol. The molecule has 1 saturated heterocycles. The minimum Gasteiger partial charge on any atom is -0.490 e. The van der Waals surface area contributed by atoms with E-state index in [1.54, 1.807) is 0 Å². The van der Waals surface area contributed by atoms with Gasteiger partial charge in [-0.05, 0) is 19.1 Å². The lowest BCUT2D eigenvalue weighted by atomic mass is 9.82. The van der Waals surface area contributed by atoms with Crippen molar-refractivity contribution in [3.05, 3.63) is 29.3 Å².